The van der Waals surface area contributed by atoms with E-state index >= 15 is 0 Å². The molecule has 1 atom stereocenters. The third kappa shape index (κ3) is 4.82. The molecule has 0 unspecified atom stereocenters. The minimum absolute atomic E-state index is 0.0349. The number of rotatable bonds is 7. The van der Waals surface area contributed by atoms with Crippen LogP contribution in [0.5, 0.6) is 0 Å². The van der Waals surface area contributed by atoms with Gasteiger partial charge in [-0.25, -0.2) is 13.4 Å². The SMILES string of the molecule is CS(=O)(=O)c1ncc(CN2CCC(C(=O)c3ccccc3)CC2)n1C[C@@H]1CCCO1. The largest absolute Gasteiger partial charge is 0.376 e. The summed E-state index contributed by atoms with van der Waals surface area (Å²) < 4.78 is 32.0. The lowest BCUT2D eigenvalue weighted by atomic mass is 9.89. The van der Waals surface area contributed by atoms with Crippen molar-refractivity contribution >= 4 is 15.6 Å². The summed E-state index contributed by atoms with van der Waals surface area (Å²) in [5.41, 5.74) is 1.67. The van der Waals surface area contributed by atoms with Gasteiger partial charge in [0, 0.05) is 30.9 Å². The van der Waals surface area contributed by atoms with Crippen molar-refractivity contribution in [1.82, 2.24) is 14.5 Å². The van der Waals surface area contributed by atoms with Crippen molar-refractivity contribution in [2.75, 3.05) is 26.0 Å². The monoisotopic (exact) mass is 431 g/mol. The van der Waals surface area contributed by atoms with E-state index in [1.165, 1.54) is 6.26 Å². The summed E-state index contributed by atoms with van der Waals surface area (Å²) >= 11 is 0. The first-order valence-electron chi connectivity index (χ1n) is 10.6. The van der Waals surface area contributed by atoms with Gasteiger partial charge in [0.15, 0.2) is 5.78 Å². The van der Waals surface area contributed by atoms with Crippen LogP contribution >= 0.6 is 0 Å². The molecule has 162 valence electrons. The maximum Gasteiger partial charge on any atom is 0.227 e. The van der Waals surface area contributed by atoms with Gasteiger partial charge in [0.05, 0.1) is 24.5 Å². The maximum atomic E-state index is 12.7. The van der Waals surface area contributed by atoms with E-state index in [-0.39, 0.29) is 23.0 Å². The van der Waals surface area contributed by atoms with Gasteiger partial charge in [-0.1, -0.05) is 30.3 Å². The fraction of sp³-hybridized carbons (Fsp3) is 0.545. The molecule has 7 nitrogen and oxygen atoms in total. The van der Waals surface area contributed by atoms with Crippen molar-refractivity contribution in [2.24, 2.45) is 5.92 Å². The molecule has 1 aromatic heterocycles. The normalized spacial score (nSPS) is 21.2. The van der Waals surface area contributed by atoms with Crippen LogP contribution in [0.25, 0.3) is 0 Å². The predicted octanol–water partition coefficient (Wildman–Crippen LogP) is 2.56. The molecule has 3 heterocycles. The van der Waals surface area contributed by atoms with Gasteiger partial charge in [-0.05, 0) is 38.8 Å². The average Bonchev–Trinajstić information content (AvgIpc) is 3.39. The third-order valence-electron chi connectivity index (χ3n) is 6.05. The van der Waals surface area contributed by atoms with E-state index in [1.807, 2.05) is 34.9 Å². The summed E-state index contributed by atoms with van der Waals surface area (Å²) in [6, 6.07) is 9.48. The zero-order valence-electron chi connectivity index (χ0n) is 17.4. The lowest BCUT2D eigenvalue weighted by Gasteiger charge is -2.31. The number of hydrogen-bond donors (Lipinski definition) is 0. The number of carbonyl (C=O) groups excluding carboxylic acids is 1. The fourth-order valence-electron chi connectivity index (χ4n) is 4.42. The number of aromatic nitrogens is 2. The average molecular weight is 432 g/mol. The molecule has 30 heavy (non-hydrogen) atoms. The summed E-state index contributed by atoms with van der Waals surface area (Å²) in [4.78, 5) is 19.2. The number of ether oxygens (including phenoxy) is 1. The van der Waals surface area contributed by atoms with Crippen molar-refractivity contribution in [2.45, 2.75) is 50.0 Å². The first-order chi connectivity index (χ1) is 14.4. The van der Waals surface area contributed by atoms with Gasteiger partial charge in [0.2, 0.25) is 15.0 Å². The number of nitrogens with zero attached hydrogens (tertiary/aromatic N) is 3. The van der Waals surface area contributed by atoms with Gasteiger partial charge >= 0.3 is 0 Å². The minimum atomic E-state index is -3.41. The van der Waals surface area contributed by atoms with Gasteiger partial charge in [0.25, 0.3) is 0 Å². The Morgan fingerprint density at radius 2 is 1.90 bits per heavy atom. The van der Waals surface area contributed by atoms with E-state index < -0.39 is 9.84 Å². The highest BCUT2D eigenvalue weighted by Gasteiger charge is 2.28. The fourth-order valence-corrected chi connectivity index (χ4v) is 5.26. The topological polar surface area (TPSA) is 81.5 Å². The van der Waals surface area contributed by atoms with Gasteiger partial charge in [0.1, 0.15) is 0 Å². The molecule has 0 amide bonds. The number of imidazole rings is 1. The van der Waals surface area contributed by atoms with E-state index in [4.69, 9.17) is 4.74 Å². The Bertz CT molecular complexity index is 973. The predicted molar refractivity (Wildman–Crippen MR) is 113 cm³/mol. The molecule has 0 bridgehead atoms. The van der Waals surface area contributed by atoms with Crippen molar-refractivity contribution in [3.05, 3.63) is 47.8 Å². The van der Waals surface area contributed by atoms with E-state index in [0.717, 1.165) is 56.6 Å². The van der Waals surface area contributed by atoms with Crippen LogP contribution < -0.4 is 0 Å². The van der Waals surface area contributed by atoms with E-state index in [2.05, 4.69) is 9.88 Å². The molecule has 0 N–H and O–H groups in total. The lowest BCUT2D eigenvalue weighted by Crippen LogP contribution is -2.36. The van der Waals surface area contributed by atoms with Crippen LogP contribution in [0, 0.1) is 5.92 Å². The number of Topliss-reactive ketones (excluding diaryl/α,β-unsaturated/α-hetero) is 1. The molecule has 0 radical (unpaired) electrons. The molecular formula is C22H29N3O4S. The molecule has 2 fully saturated rings. The molecule has 8 heteroatoms. The van der Waals surface area contributed by atoms with Crippen molar-refractivity contribution in [3.8, 4) is 0 Å². The second kappa shape index (κ2) is 8.99. The van der Waals surface area contributed by atoms with Gasteiger partial charge in [-0.15, -0.1) is 0 Å². The Labute approximate surface area is 178 Å². The minimum Gasteiger partial charge on any atom is -0.376 e. The van der Waals surface area contributed by atoms with E-state index in [1.54, 1.807) is 6.20 Å². The number of sulfone groups is 1. The highest BCUT2D eigenvalue weighted by atomic mass is 32.2. The summed E-state index contributed by atoms with van der Waals surface area (Å²) in [5.74, 6) is 0.269. The number of likely N-dealkylation sites (tertiary alicyclic amines) is 1. The Morgan fingerprint density at radius 1 is 1.17 bits per heavy atom. The van der Waals surface area contributed by atoms with Crippen molar-refractivity contribution in [3.63, 3.8) is 0 Å². The second-order valence-electron chi connectivity index (χ2n) is 8.33. The van der Waals surface area contributed by atoms with Crippen LogP contribution in [-0.2, 0) is 27.7 Å². The highest BCUT2D eigenvalue weighted by molar-refractivity contribution is 7.90. The van der Waals surface area contributed by atoms with Crippen LogP contribution in [0.1, 0.15) is 41.7 Å². The van der Waals surface area contributed by atoms with E-state index in [0.29, 0.717) is 13.1 Å². The number of carbonyl (C=O) groups is 1. The summed E-state index contributed by atoms with van der Waals surface area (Å²) in [7, 11) is -3.41. The second-order valence-corrected chi connectivity index (χ2v) is 10.2. The van der Waals surface area contributed by atoms with Crippen LogP contribution in [0.2, 0.25) is 0 Å². The summed E-state index contributed by atoms with van der Waals surface area (Å²) in [6.07, 6.45) is 6.48. The molecule has 2 aliphatic rings. The highest BCUT2D eigenvalue weighted by Crippen LogP contribution is 2.24. The molecule has 0 saturated carbocycles. The summed E-state index contributed by atoms with van der Waals surface area (Å²) in [6.45, 7) is 3.49. The standard InChI is InChI=1S/C22H29N3O4S/c1-30(27,28)22-23-14-19(25(22)16-20-8-5-13-29-20)15-24-11-9-18(10-12-24)21(26)17-6-3-2-4-7-17/h2-4,6-7,14,18,20H,5,8-13,15-16H2,1H3/t20-/m0/s1. The maximum absolute atomic E-state index is 12.7. The van der Waals surface area contributed by atoms with Gasteiger partial charge in [-0.2, -0.15) is 0 Å². The molecule has 2 saturated heterocycles. The van der Waals surface area contributed by atoms with Gasteiger partial charge < -0.3 is 9.30 Å². The van der Waals surface area contributed by atoms with Crippen LogP contribution in [0.3, 0.4) is 0 Å². The first kappa shape index (κ1) is 21.2. The Morgan fingerprint density at radius 3 is 2.53 bits per heavy atom. The van der Waals surface area contributed by atoms with Crippen molar-refractivity contribution < 1.29 is 17.9 Å². The van der Waals surface area contributed by atoms with Crippen LogP contribution in [-0.4, -0.2) is 60.7 Å². The zero-order chi connectivity index (χ0) is 21.1. The van der Waals surface area contributed by atoms with Gasteiger partial charge in [-0.3, -0.25) is 9.69 Å². The lowest BCUT2D eigenvalue weighted by molar-refractivity contribution is 0.0822. The zero-order valence-corrected chi connectivity index (χ0v) is 18.2. The Balaban J connectivity index is 1.42. The van der Waals surface area contributed by atoms with Crippen molar-refractivity contribution in [1.29, 1.82) is 0 Å². The molecular weight excluding hydrogens is 402 g/mol. The molecule has 0 aliphatic carbocycles. The quantitative estimate of drug-likeness (QED) is 0.627. The van der Waals surface area contributed by atoms with Crippen LogP contribution in [0.15, 0.2) is 41.7 Å². The first-order valence-corrected chi connectivity index (χ1v) is 12.5. The Kier molecular flexibility index (Phi) is 6.36. The number of hydrogen-bond acceptors (Lipinski definition) is 6. The number of ketones is 1. The van der Waals surface area contributed by atoms with Crippen LogP contribution in [0.4, 0.5) is 0 Å². The number of benzene rings is 1. The van der Waals surface area contributed by atoms with E-state index in [9.17, 15) is 13.2 Å². The molecule has 4 rings (SSSR count). The third-order valence-corrected chi connectivity index (χ3v) is 7.03. The number of piperidine rings is 1. The molecule has 2 aliphatic heterocycles. The smallest absolute Gasteiger partial charge is 0.227 e. The molecule has 1 aromatic carbocycles. The summed E-state index contributed by atoms with van der Waals surface area (Å²) in [5, 5.41) is 0.113. The molecule has 0 spiro atoms. The Hall–Kier alpha value is -2.03. The molecule has 2 aromatic rings.